The summed E-state index contributed by atoms with van der Waals surface area (Å²) in [5, 5.41) is 6.50. The first kappa shape index (κ1) is 8.01. The Kier molecular flexibility index (Phi) is 2.28. The maximum atomic E-state index is 5.43. The van der Waals surface area contributed by atoms with Gasteiger partial charge in [-0.1, -0.05) is 0 Å². The zero-order chi connectivity index (χ0) is 8.39. The molecule has 1 saturated carbocycles. The Morgan fingerprint density at radius 2 is 2.50 bits per heavy atom. The van der Waals surface area contributed by atoms with Crippen LogP contribution in [0.15, 0.2) is 5.38 Å². The molecule has 1 fully saturated rings. The second-order valence-electron chi connectivity index (χ2n) is 3.10. The van der Waals surface area contributed by atoms with Crippen LogP contribution in [0.25, 0.3) is 0 Å². The van der Waals surface area contributed by atoms with E-state index in [4.69, 9.17) is 5.73 Å². The fourth-order valence-corrected chi connectivity index (χ4v) is 1.86. The van der Waals surface area contributed by atoms with Crippen molar-refractivity contribution in [2.45, 2.75) is 25.3 Å². The van der Waals surface area contributed by atoms with Crippen LogP contribution in [0.3, 0.4) is 0 Å². The van der Waals surface area contributed by atoms with Crippen LogP contribution in [0, 0.1) is 0 Å². The highest BCUT2D eigenvalue weighted by Gasteiger charge is 2.21. The molecule has 0 radical (unpaired) electrons. The predicted molar refractivity (Wildman–Crippen MR) is 51.5 cm³/mol. The average Bonchev–Trinajstić information content (AvgIpc) is 2.74. The van der Waals surface area contributed by atoms with E-state index in [2.05, 4.69) is 15.7 Å². The molecule has 0 aliphatic heterocycles. The minimum atomic E-state index is 0.687. The van der Waals surface area contributed by atoms with Crippen LogP contribution in [0.5, 0.6) is 0 Å². The van der Waals surface area contributed by atoms with E-state index in [0.29, 0.717) is 12.6 Å². The highest BCUT2D eigenvalue weighted by atomic mass is 32.1. The van der Waals surface area contributed by atoms with Crippen molar-refractivity contribution in [2.24, 2.45) is 5.73 Å². The molecule has 0 bridgehead atoms. The van der Waals surface area contributed by atoms with Gasteiger partial charge in [-0.25, -0.2) is 4.98 Å². The van der Waals surface area contributed by atoms with Crippen LogP contribution >= 0.6 is 11.3 Å². The number of hydrogen-bond donors (Lipinski definition) is 2. The lowest BCUT2D eigenvalue weighted by atomic mass is 10.3. The number of anilines is 1. The van der Waals surface area contributed by atoms with Crippen molar-refractivity contribution in [3.63, 3.8) is 0 Å². The lowest BCUT2D eigenvalue weighted by Crippen LogP contribution is -2.04. The van der Waals surface area contributed by atoms with Gasteiger partial charge in [0.05, 0.1) is 5.69 Å². The van der Waals surface area contributed by atoms with E-state index in [0.717, 1.165) is 17.2 Å². The quantitative estimate of drug-likeness (QED) is 0.738. The summed E-state index contributed by atoms with van der Waals surface area (Å²) >= 11 is 1.68. The van der Waals surface area contributed by atoms with Crippen LogP contribution in [0.2, 0.25) is 0 Å². The average molecular weight is 183 g/mol. The molecule has 0 spiro atoms. The first-order valence-electron chi connectivity index (χ1n) is 4.29. The molecular formula is C8H13N3S. The summed E-state index contributed by atoms with van der Waals surface area (Å²) in [7, 11) is 0. The van der Waals surface area contributed by atoms with Crippen LogP contribution in [0.1, 0.15) is 18.5 Å². The highest BCUT2D eigenvalue weighted by Crippen LogP contribution is 2.26. The number of thiazole rings is 1. The fraction of sp³-hybridized carbons (Fsp3) is 0.625. The summed E-state index contributed by atoms with van der Waals surface area (Å²) in [6.45, 7) is 0.687. The summed E-state index contributed by atoms with van der Waals surface area (Å²) in [6.07, 6.45) is 3.49. The minimum Gasteiger partial charge on any atom is -0.359 e. The summed E-state index contributed by atoms with van der Waals surface area (Å²) in [5.41, 5.74) is 6.54. The van der Waals surface area contributed by atoms with Crippen molar-refractivity contribution < 1.29 is 0 Å². The first-order chi connectivity index (χ1) is 5.88. The Labute approximate surface area is 76.0 Å². The van der Waals surface area contributed by atoms with Gasteiger partial charge in [0.15, 0.2) is 5.13 Å². The zero-order valence-corrected chi connectivity index (χ0v) is 7.73. The van der Waals surface area contributed by atoms with Gasteiger partial charge in [-0.15, -0.1) is 11.3 Å². The Morgan fingerprint density at radius 3 is 3.17 bits per heavy atom. The van der Waals surface area contributed by atoms with Crippen LogP contribution in [-0.4, -0.2) is 17.6 Å². The second kappa shape index (κ2) is 3.41. The van der Waals surface area contributed by atoms with Gasteiger partial charge in [0.25, 0.3) is 0 Å². The van der Waals surface area contributed by atoms with Gasteiger partial charge < -0.3 is 11.1 Å². The molecule has 0 atom stereocenters. The molecule has 1 aliphatic carbocycles. The Hall–Kier alpha value is -0.610. The molecule has 3 nitrogen and oxygen atoms in total. The SMILES string of the molecule is NCCc1csc(NC2CC2)n1. The lowest BCUT2D eigenvalue weighted by molar-refractivity contribution is 0.933. The lowest BCUT2D eigenvalue weighted by Gasteiger charge is -1.96. The van der Waals surface area contributed by atoms with Gasteiger partial charge >= 0.3 is 0 Å². The van der Waals surface area contributed by atoms with Crippen molar-refractivity contribution in [2.75, 3.05) is 11.9 Å². The monoisotopic (exact) mass is 183 g/mol. The minimum absolute atomic E-state index is 0.687. The molecule has 12 heavy (non-hydrogen) atoms. The maximum absolute atomic E-state index is 5.43. The summed E-state index contributed by atoms with van der Waals surface area (Å²) in [5.74, 6) is 0. The van der Waals surface area contributed by atoms with Gasteiger partial charge in [-0.05, 0) is 19.4 Å². The molecule has 0 saturated heterocycles. The van der Waals surface area contributed by atoms with Crippen LogP contribution in [0.4, 0.5) is 5.13 Å². The second-order valence-corrected chi connectivity index (χ2v) is 3.96. The molecule has 66 valence electrons. The molecule has 1 aliphatic rings. The number of rotatable bonds is 4. The van der Waals surface area contributed by atoms with Gasteiger partial charge in [-0.2, -0.15) is 0 Å². The first-order valence-corrected chi connectivity index (χ1v) is 5.17. The van der Waals surface area contributed by atoms with Crippen LogP contribution in [-0.2, 0) is 6.42 Å². The smallest absolute Gasteiger partial charge is 0.183 e. The summed E-state index contributed by atoms with van der Waals surface area (Å²) in [6, 6.07) is 0.696. The van der Waals surface area contributed by atoms with E-state index >= 15 is 0 Å². The molecule has 4 heteroatoms. The van der Waals surface area contributed by atoms with Crippen molar-refractivity contribution in [3.8, 4) is 0 Å². The van der Waals surface area contributed by atoms with Gasteiger partial charge in [0.1, 0.15) is 0 Å². The number of nitrogens with zero attached hydrogens (tertiary/aromatic N) is 1. The van der Waals surface area contributed by atoms with E-state index in [1.54, 1.807) is 11.3 Å². The van der Waals surface area contributed by atoms with Crippen molar-refractivity contribution >= 4 is 16.5 Å². The van der Waals surface area contributed by atoms with Crippen molar-refractivity contribution in [1.82, 2.24) is 4.98 Å². The number of aromatic nitrogens is 1. The fourth-order valence-electron chi connectivity index (χ4n) is 1.04. The van der Waals surface area contributed by atoms with Gasteiger partial charge in [-0.3, -0.25) is 0 Å². The van der Waals surface area contributed by atoms with E-state index in [9.17, 15) is 0 Å². The molecule has 0 unspecified atom stereocenters. The summed E-state index contributed by atoms with van der Waals surface area (Å²) in [4.78, 5) is 4.41. The predicted octanol–water partition coefficient (Wildman–Crippen LogP) is 1.22. The van der Waals surface area contributed by atoms with E-state index < -0.39 is 0 Å². The Bertz CT molecular complexity index is 255. The largest absolute Gasteiger partial charge is 0.359 e. The molecule has 1 aromatic rings. The van der Waals surface area contributed by atoms with Crippen molar-refractivity contribution in [3.05, 3.63) is 11.1 Å². The van der Waals surface area contributed by atoms with Gasteiger partial charge in [0.2, 0.25) is 0 Å². The zero-order valence-electron chi connectivity index (χ0n) is 6.92. The van der Waals surface area contributed by atoms with E-state index in [1.165, 1.54) is 12.8 Å². The molecule has 0 aromatic carbocycles. The third-order valence-corrected chi connectivity index (χ3v) is 2.68. The third-order valence-electron chi connectivity index (χ3n) is 1.86. The van der Waals surface area contributed by atoms with E-state index in [-0.39, 0.29) is 0 Å². The number of hydrogen-bond acceptors (Lipinski definition) is 4. The highest BCUT2D eigenvalue weighted by molar-refractivity contribution is 7.13. The standard InChI is InChI=1S/C8H13N3S/c9-4-3-7-5-12-8(11-7)10-6-1-2-6/h5-6H,1-4,9H2,(H,10,11). The normalized spacial score (nSPS) is 16.4. The number of nitrogens with two attached hydrogens (primary N) is 1. The molecule has 1 heterocycles. The third kappa shape index (κ3) is 1.95. The Morgan fingerprint density at radius 1 is 1.67 bits per heavy atom. The van der Waals surface area contributed by atoms with Gasteiger partial charge in [0, 0.05) is 17.8 Å². The molecule has 0 amide bonds. The summed E-state index contributed by atoms with van der Waals surface area (Å²) < 4.78 is 0. The van der Waals surface area contributed by atoms with E-state index in [1.807, 2.05) is 0 Å². The van der Waals surface area contributed by atoms with Crippen LogP contribution < -0.4 is 11.1 Å². The maximum Gasteiger partial charge on any atom is 0.183 e. The Balaban J connectivity index is 1.92. The molecule has 2 rings (SSSR count). The molecule has 1 aromatic heterocycles. The number of nitrogens with one attached hydrogen (secondary N) is 1. The molecule has 3 N–H and O–H groups in total. The van der Waals surface area contributed by atoms with Crippen molar-refractivity contribution in [1.29, 1.82) is 0 Å². The topological polar surface area (TPSA) is 50.9 Å². The molecular weight excluding hydrogens is 170 g/mol.